The lowest BCUT2D eigenvalue weighted by Crippen LogP contribution is -2.11. The summed E-state index contributed by atoms with van der Waals surface area (Å²) in [6.07, 6.45) is 2.61. The average Bonchev–Trinajstić information content (AvgIpc) is 2.51. The van der Waals surface area contributed by atoms with Gasteiger partial charge in [-0.1, -0.05) is 0 Å². The lowest BCUT2D eigenvalue weighted by atomic mass is 10.0. The van der Waals surface area contributed by atoms with E-state index in [1.54, 1.807) is 18.2 Å². The normalized spacial score (nSPS) is 12.9. The summed E-state index contributed by atoms with van der Waals surface area (Å²) in [5.41, 5.74) is 7.70. The van der Waals surface area contributed by atoms with Gasteiger partial charge in [0.05, 0.1) is 5.69 Å². The molecule has 0 atom stereocenters. The fraction of sp³-hybridized carbons (Fsp3) is 0.0625. The van der Waals surface area contributed by atoms with Crippen molar-refractivity contribution in [2.75, 3.05) is 17.6 Å². The van der Waals surface area contributed by atoms with Gasteiger partial charge in [0, 0.05) is 29.4 Å². The standard InChI is InChI=1S/C16H13FN2O2/c17-13-8-11(2-3-14(13)18)21-16-5-6-19-15-4-1-10(9-20)7-12(15)16/h1-5,7-9,19H,6,18H2. The van der Waals surface area contributed by atoms with E-state index in [9.17, 15) is 9.18 Å². The molecular formula is C16H13FN2O2. The minimum absolute atomic E-state index is 0.0743. The molecule has 1 heterocycles. The predicted octanol–water partition coefficient (Wildman–Crippen LogP) is 3.07. The fourth-order valence-electron chi connectivity index (χ4n) is 2.15. The molecule has 5 heteroatoms. The summed E-state index contributed by atoms with van der Waals surface area (Å²) in [6, 6.07) is 9.57. The van der Waals surface area contributed by atoms with Crippen LogP contribution in [-0.2, 0) is 0 Å². The summed E-state index contributed by atoms with van der Waals surface area (Å²) in [4.78, 5) is 10.9. The average molecular weight is 284 g/mol. The van der Waals surface area contributed by atoms with Gasteiger partial charge in [-0.25, -0.2) is 4.39 Å². The van der Waals surface area contributed by atoms with Gasteiger partial charge in [0.2, 0.25) is 0 Å². The Labute approximate surface area is 121 Å². The number of halogens is 1. The van der Waals surface area contributed by atoms with E-state index in [0.717, 1.165) is 17.5 Å². The van der Waals surface area contributed by atoms with E-state index in [2.05, 4.69) is 5.32 Å². The quantitative estimate of drug-likeness (QED) is 0.671. The van der Waals surface area contributed by atoms with Crippen LogP contribution in [0.25, 0.3) is 5.76 Å². The number of hydrogen-bond acceptors (Lipinski definition) is 4. The maximum absolute atomic E-state index is 13.5. The van der Waals surface area contributed by atoms with E-state index in [0.29, 0.717) is 23.6 Å². The lowest BCUT2D eigenvalue weighted by molar-refractivity contribution is 0.112. The molecule has 21 heavy (non-hydrogen) atoms. The van der Waals surface area contributed by atoms with Crippen molar-refractivity contribution in [2.45, 2.75) is 0 Å². The Morgan fingerprint density at radius 1 is 1.24 bits per heavy atom. The fourth-order valence-corrected chi connectivity index (χ4v) is 2.15. The zero-order valence-electron chi connectivity index (χ0n) is 11.1. The number of nitrogen functional groups attached to an aromatic ring is 1. The van der Waals surface area contributed by atoms with E-state index in [-0.39, 0.29) is 5.69 Å². The predicted molar refractivity (Wildman–Crippen MR) is 79.7 cm³/mol. The molecule has 0 spiro atoms. The second-order valence-electron chi connectivity index (χ2n) is 4.66. The van der Waals surface area contributed by atoms with Crippen molar-refractivity contribution in [1.82, 2.24) is 0 Å². The van der Waals surface area contributed by atoms with Gasteiger partial charge < -0.3 is 15.8 Å². The smallest absolute Gasteiger partial charge is 0.150 e. The number of aldehydes is 1. The molecule has 2 aromatic carbocycles. The summed E-state index contributed by atoms with van der Waals surface area (Å²) in [5, 5.41) is 3.18. The van der Waals surface area contributed by atoms with Crippen LogP contribution in [0.15, 0.2) is 42.5 Å². The van der Waals surface area contributed by atoms with Crippen LogP contribution in [0.1, 0.15) is 15.9 Å². The molecule has 0 unspecified atom stereocenters. The van der Waals surface area contributed by atoms with Crippen LogP contribution in [-0.4, -0.2) is 12.8 Å². The van der Waals surface area contributed by atoms with E-state index >= 15 is 0 Å². The molecule has 0 aliphatic carbocycles. The minimum atomic E-state index is -0.524. The molecule has 0 fully saturated rings. The van der Waals surface area contributed by atoms with Crippen LogP contribution in [0.3, 0.4) is 0 Å². The highest BCUT2D eigenvalue weighted by Gasteiger charge is 2.15. The monoisotopic (exact) mass is 284 g/mol. The number of carbonyl (C=O) groups is 1. The topological polar surface area (TPSA) is 64.3 Å². The molecule has 2 aromatic rings. The Morgan fingerprint density at radius 2 is 2.10 bits per heavy atom. The molecule has 3 rings (SSSR count). The molecule has 0 saturated carbocycles. The van der Waals surface area contributed by atoms with Gasteiger partial charge in [0.25, 0.3) is 0 Å². The van der Waals surface area contributed by atoms with Crippen LogP contribution in [0, 0.1) is 5.82 Å². The van der Waals surface area contributed by atoms with Gasteiger partial charge in [0.1, 0.15) is 23.6 Å². The molecular weight excluding hydrogens is 271 g/mol. The second kappa shape index (κ2) is 5.28. The summed E-state index contributed by atoms with van der Waals surface area (Å²) >= 11 is 0. The largest absolute Gasteiger partial charge is 0.457 e. The third kappa shape index (κ3) is 2.58. The SMILES string of the molecule is Nc1ccc(OC2=CCNc3ccc(C=O)cc32)cc1F. The van der Waals surface area contributed by atoms with E-state index in [1.807, 2.05) is 12.1 Å². The van der Waals surface area contributed by atoms with E-state index in [1.165, 1.54) is 12.1 Å². The molecule has 3 N–H and O–H groups in total. The Morgan fingerprint density at radius 3 is 2.86 bits per heavy atom. The van der Waals surface area contributed by atoms with Gasteiger partial charge in [-0.2, -0.15) is 0 Å². The summed E-state index contributed by atoms with van der Waals surface area (Å²) in [6.45, 7) is 0.597. The maximum Gasteiger partial charge on any atom is 0.150 e. The molecule has 0 aromatic heterocycles. The van der Waals surface area contributed by atoms with Crippen molar-refractivity contribution < 1.29 is 13.9 Å². The van der Waals surface area contributed by atoms with E-state index in [4.69, 9.17) is 10.5 Å². The first kappa shape index (κ1) is 13.2. The molecule has 106 valence electrons. The van der Waals surface area contributed by atoms with Gasteiger partial charge in [-0.3, -0.25) is 4.79 Å². The number of fused-ring (bicyclic) bond motifs is 1. The van der Waals surface area contributed by atoms with Crippen molar-refractivity contribution in [3.63, 3.8) is 0 Å². The van der Waals surface area contributed by atoms with Gasteiger partial charge in [0.15, 0.2) is 0 Å². The van der Waals surface area contributed by atoms with Crippen molar-refractivity contribution in [3.05, 3.63) is 59.4 Å². The first-order valence-corrected chi connectivity index (χ1v) is 6.44. The molecule has 1 aliphatic heterocycles. The van der Waals surface area contributed by atoms with Gasteiger partial charge >= 0.3 is 0 Å². The number of hydrogen-bond donors (Lipinski definition) is 2. The highest BCUT2D eigenvalue weighted by atomic mass is 19.1. The van der Waals surface area contributed by atoms with Crippen LogP contribution >= 0.6 is 0 Å². The molecule has 0 bridgehead atoms. The minimum Gasteiger partial charge on any atom is -0.457 e. The highest BCUT2D eigenvalue weighted by Crippen LogP contribution is 2.31. The molecule has 0 radical (unpaired) electrons. The maximum atomic E-state index is 13.5. The zero-order valence-corrected chi connectivity index (χ0v) is 11.1. The van der Waals surface area contributed by atoms with Crippen LogP contribution in [0.2, 0.25) is 0 Å². The van der Waals surface area contributed by atoms with Crippen molar-refractivity contribution in [1.29, 1.82) is 0 Å². The molecule has 0 amide bonds. The number of rotatable bonds is 3. The highest BCUT2D eigenvalue weighted by molar-refractivity contribution is 5.83. The first-order chi connectivity index (χ1) is 10.2. The molecule has 4 nitrogen and oxygen atoms in total. The third-order valence-corrected chi connectivity index (χ3v) is 3.22. The van der Waals surface area contributed by atoms with Gasteiger partial charge in [-0.05, 0) is 36.4 Å². The second-order valence-corrected chi connectivity index (χ2v) is 4.66. The van der Waals surface area contributed by atoms with Crippen LogP contribution < -0.4 is 15.8 Å². The Hall–Kier alpha value is -2.82. The van der Waals surface area contributed by atoms with Crippen LogP contribution in [0.5, 0.6) is 5.75 Å². The number of carbonyl (C=O) groups excluding carboxylic acids is 1. The summed E-state index contributed by atoms with van der Waals surface area (Å²) in [5.74, 6) is 0.415. The lowest BCUT2D eigenvalue weighted by Gasteiger charge is -2.20. The Kier molecular flexibility index (Phi) is 3.31. The number of ether oxygens (including phenoxy) is 1. The number of nitrogens with one attached hydrogen (secondary N) is 1. The summed E-state index contributed by atoms with van der Waals surface area (Å²) < 4.78 is 19.2. The molecule has 0 saturated heterocycles. The van der Waals surface area contributed by atoms with Gasteiger partial charge in [-0.15, -0.1) is 0 Å². The van der Waals surface area contributed by atoms with E-state index < -0.39 is 5.82 Å². The number of benzene rings is 2. The Bertz CT molecular complexity index is 741. The van der Waals surface area contributed by atoms with Crippen molar-refractivity contribution in [3.8, 4) is 5.75 Å². The first-order valence-electron chi connectivity index (χ1n) is 6.44. The number of nitrogens with two attached hydrogens (primary N) is 1. The van der Waals surface area contributed by atoms with Crippen molar-refractivity contribution >= 4 is 23.4 Å². The van der Waals surface area contributed by atoms with Crippen LogP contribution in [0.4, 0.5) is 15.8 Å². The number of anilines is 2. The third-order valence-electron chi connectivity index (χ3n) is 3.22. The Balaban J connectivity index is 1.94. The molecule has 1 aliphatic rings. The summed E-state index contributed by atoms with van der Waals surface area (Å²) in [7, 11) is 0. The zero-order chi connectivity index (χ0) is 14.8. The van der Waals surface area contributed by atoms with Crippen molar-refractivity contribution in [2.24, 2.45) is 0 Å².